The molecule has 5 nitrogen and oxygen atoms in total. The lowest BCUT2D eigenvalue weighted by atomic mass is 9.61. The van der Waals surface area contributed by atoms with Crippen LogP contribution in [0.1, 0.15) is 112 Å². The molecule has 15 rings (SSSR count). The summed E-state index contributed by atoms with van der Waals surface area (Å²) in [6.07, 6.45) is 2.93. The Kier molecular flexibility index (Phi) is 11.9. The van der Waals surface area contributed by atoms with Crippen LogP contribution in [0.15, 0.2) is 237 Å². The first-order valence-electron chi connectivity index (χ1n) is 30.2. The fraction of sp³-hybridized carbons (Fsp3) is 0.188. The highest BCUT2D eigenvalue weighted by molar-refractivity contribution is 6.10. The van der Waals surface area contributed by atoms with Crippen molar-refractivity contribution in [1.82, 2.24) is 9.55 Å². The first kappa shape index (κ1) is 52.4. The van der Waals surface area contributed by atoms with Crippen LogP contribution < -0.4 is 14.5 Å². The van der Waals surface area contributed by atoms with Crippen molar-refractivity contribution < 1.29 is 4.74 Å². The molecular weight excluding hydrogens is 1030 g/mol. The standard InChI is InChI=1S/C80H70N4O/c1-77(2,3)54-39-42-74(81-49-54)84-70-36-17-13-27-61(70)62-41-40-59(48-73(62)84)85-58-26-20-25-57(47-58)82-50-83(72-38-19-18-37-71(72)82)76-60(53-44-55(78(4,5)6)46-56(45-53)79(7,8)9)29-21-31-64(76)63-30-22-35-69-75(63)65-28-12-16-34-68(65)80(69)66-32-14-10-23-51(66)43-52-24-11-15-33-67(52)80/h10-42,44-49H,43,50H2,1-9H3. The number of rotatable bonds is 7. The van der Waals surface area contributed by atoms with Crippen molar-refractivity contribution in [3.63, 3.8) is 0 Å². The Labute approximate surface area is 500 Å². The number of nitrogens with zero attached hydrogens (tertiary/aromatic N) is 4. The molecule has 416 valence electrons. The number of aromatic nitrogens is 2. The van der Waals surface area contributed by atoms with E-state index in [1.165, 1.54) is 94.5 Å². The second-order valence-corrected chi connectivity index (χ2v) is 26.8. The number of hydrogen-bond acceptors (Lipinski definition) is 4. The predicted octanol–water partition coefficient (Wildman–Crippen LogP) is 20.7. The zero-order chi connectivity index (χ0) is 58.1. The third kappa shape index (κ3) is 8.37. The van der Waals surface area contributed by atoms with E-state index in [2.05, 4.69) is 307 Å². The summed E-state index contributed by atoms with van der Waals surface area (Å²) in [7, 11) is 0. The van der Waals surface area contributed by atoms with Crippen LogP contribution in [-0.4, -0.2) is 16.2 Å². The van der Waals surface area contributed by atoms with Gasteiger partial charge in [-0.15, -0.1) is 0 Å². The Balaban J connectivity index is 0.890. The zero-order valence-corrected chi connectivity index (χ0v) is 50.1. The number of para-hydroxylation sites is 4. The van der Waals surface area contributed by atoms with Gasteiger partial charge in [-0.2, -0.15) is 0 Å². The van der Waals surface area contributed by atoms with E-state index in [1.807, 2.05) is 6.20 Å². The number of fused-ring (bicyclic) bond motifs is 13. The normalized spacial score (nSPS) is 14.1. The maximum atomic E-state index is 6.96. The molecule has 0 saturated heterocycles. The molecule has 2 aromatic heterocycles. The second kappa shape index (κ2) is 19.3. The molecule has 0 atom stereocenters. The van der Waals surface area contributed by atoms with Crippen molar-refractivity contribution in [1.29, 1.82) is 0 Å². The van der Waals surface area contributed by atoms with E-state index in [0.29, 0.717) is 6.67 Å². The summed E-state index contributed by atoms with van der Waals surface area (Å²) in [5, 5.41) is 2.33. The highest BCUT2D eigenvalue weighted by atomic mass is 16.5. The average Bonchev–Trinajstić information content (AvgIpc) is 1.58. The van der Waals surface area contributed by atoms with Crippen molar-refractivity contribution in [3.05, 3.63) is 287 Å². The first-order chi connectivity index (χ1) is 41.0. The third-order valence-corrected chi connectivity index (χ3v) is 18.5. The topological polar surface area (TPSA) is 33.5 Å². The molecule has 0 N–H and O–H groups in total. The van der Waals surface area contributed by atoms with Crippen LogP contribution >= 0.6 is 0 Å². The molecule has 0 bridgehead atoms. The molecule has 12 aromatic rings. The van der Waals surface area contributed by atoms with E-state index in [0.717, 1.165) is 57.2 Å². The summed E-state index contributed by atoms with van der Waals surface area (Å²) in [5.74, 6) is 2.40. The average molecular weight is 1100 g/mol. The van der Waals surface area contributed by atoms with Crippen molar-refractivity contribution in [2.75, 3.05) is 16.5 Å². The monoisotopic (exact) mass is 1100 g/mol. The lowest BCUT2D eigenvalue weighted by Gasteiger charge is -2.40. The number of benzene rings is 10. The van der Waals surface area contributed by atoms with Crippen LogP contribution in [0.5, 0.6) is 11.5 Å². The SMILES string of the molecule is CC(C)(C)c1ccc(-n2c3ccccc3c3ccc(Oc4cccc(N5CN(c6c(-c7cc(C(C)(C)C)cc(C(C)(C)C)c7)cccc6-c6cccc7c6-c6ccccc6C76c7ccccc7Cc7ccccc76)c6ccccc65)c4)cc32)nc1. The van der Waals surface area contributed by atoms with Gasteiger partial charge in [0.25, 0.3) is 0 Å². The minimum Gasteiger partial charge on any atom is -0.457 e. The largest absolute Gasteiger partial charge is 0.457 e. The number of anilines is 4. The van der Waals surface area contributed by atoms with Crippen molar-refractivity contribution >= 4 is 44.6 Å². The van der Waals surface area contributed by atoms with Gasteiger partial charge in [0, 0.05) is 45.9 Å². The summed E-state index contributed by atoms with van der Waals surface area (Å²) in [6, 6.07) is 86.1. The molecule has 0 unspecified atom stereocenters. The van der Waals surface area contributed by atoms with Crippen LogP contribution in [0.2, 0.25) is 0 Å². The van der Waals surface area contributed by atoms with Crippen molar-refractivity contribution in [2.45, 2.75) is 90.4 Å². The zero-order valence-electron chi connectivity index (χ0n) is 50.1. The summed E-state index contributed by atoms with van der Waals surface area (Å²) in [5.41, 5.74) is 25.4. The molecule has 10 aromatic carbocycles. The summed E-state index contributed by atoms with van der Waals surface area (Å²) < 4.78 is 9.22. The lowest BCUT2D eigenvalue weighted by Crippen LogP contribution is -2.34. The molecule has 1 spiro atoms. The highest BCUT2D eigenvalue weighted by Gasteiger charge is 2.50. The Morgan fingerprint density at radius 3 is 1.68 bits per heavy atom. The van der Waals surface area contributed by atoms with E-state index in [4.69, 9.17) is 9.72 Å². The minimum absolute atomic E-state index is 0.00304. The molecule has 0 fully saturated rings. The quantitative estimate of drug-likeness (QED) is 0.159. The van der Waals surface area contributed by atoms with Gasteiger partial charge in [0.1, 0.15) is 24.0 Å². The molecule has 0 saturated carbocycles. The summed E-state index contributed by atoms with van der Waals surface area (Å²) in [4.78, 5) is 10.1. The number of ether oxygens (including phenoxy) is 1. The van der Waals surface area contributed by atoms with Gasteiger partial charge in [-0.1, -0.05) is 232 Å². The molecule has 3 aliphatic rings. The fourth-order valence-corrected chi connectivity index (χ4v) is 14.2. The predicted molar refractivity (Wildman–Crippen MR) is 354 cm³/mol. The van der Waals surface area contributed by atoms with Crippen LogP contribution in [0.4, 0.5) is 22.7 Å². The molecule has 85 heavy (non-hydrogen) atoms. The van der Waals surface area contributed by atoms with Crippen LogP contribution in [-0.2, 0) is 28.1 Å². The van der Waals surface area contributed by atoms with Gasteiger partial charge in [0.2, 0.25) is 0 Å². The van der Waals surface area contributed by atoms with Gasteiger partial charge in [-0.05, 0) is 144 Å². The third-order valence-electron chi connectivity index (χ3n) is 18.5. The maximum Gasteiger partial charge on any atom is 0.137 e. The Morgan fingerprint density at radius 1 is 0.412 bits per heavy atom. The fourth-order valence-electron chi connectivity index (χ4n) is 14.2. The molecule has 5 heteroatoms. The minimum atomic E-state index is -0.488. The molecule has 1 aliphatic heterocycles. The van der Waals surface area contributed by atoms with Crippen molar-refractivity contribution in [2.24, 2.45) is 0 Å². The summed E-state index contributed by atoms with van der Waals surface area (Å²) in [6.45, 7) is 21.3. The smallest absolute Gasteiger partial charge is 0.137 e. The molecule has 2 aliphatic carbocycles. The van der Waals surface area contributed by atoms with Gasteiger partial charge >= 0.3 is 0 Å². The van der Waals surface area contributed by atoms with E-state index >= 15 is 0 Å². The van der Waals surface area contributed by atoms with E-state index < -0.39 is 5.41 Å². The van der Waals surface area contributed by atoms with Gasteiger partial charge in [0.05, 0.1) is 33.5 Å². The Morgan fingerprint density at radius 2 is 0.976 bits per heavy atom. The molecule has 0 radical (unpaired) electrons. The number of hydrogen-bond donors (Lipinski definition) is 0. The maximum absolute atomic E-state index is 6.96. The molecule has 0 amide bonds. The van der Waals surface area contributed by atoms with Crippen molar-refractivity contribution in [3.8, 4) is 50.7 Å². The Bertz CT molecular complexity index is 4580. The highest BCUT2D eigenvalue weighted by Crippen LogP contribution is 2.62. The van der Waals surface area contributed by atoms with Crippen LogP contribution in [0.3, 0.4) is 0 Å². The van der Waals surface area contributed by atoms with E-state index in [9.17, 15) is 0 Å². The van der Waals surface area contributed by atoms with Gasteiger partial charge < -0.3 is 14.5 Å². The molecule has 3 heterocycles. The lowest BCUT2D eigenvalue weighted by molar-refractivity contribution is 0.483. The van der Waals surface area contributed by atoms with Gasteiger partial charge in [-0.25, -0.2) is 4.98 Å². The molecular formula is C80H70N4O. The number of pyridine rings is 1. The first-order valence-corrected chi connectivity index (χ1v) is 30.2. The van der Waals surface area contributed by atoms with E-state index in [-0.39, 0.29) is 16.2 Å². The van der Waals surface area contributed by atoms with Crippen LogP contribution in [0.25, 0.3) is 61.0 Å². The summed E-state index contributed by atoms with van der Waals surface area (Å²) >= 11 is 0. The van der Waals surface area contributed by atoms with Gasteiger partial charge in [-0.3, -0.25) is 4.57 Å². The second-order valence-electron chi connectivity index (χ2n) is 26.8. The van der Waals surface area contributed by atoms with E-state index in [1.54, 1.807) is 0 Å². The van der Waals surface area contributed by atoms with Gasteiger partial charge in [0.15, 0.2) is 0 Å². The Hall–Kier alpha value is -9.45. The van der Waals surface area contributed by atoms with Crippen LogP contribution in [0, 0.1) is 0 Å².